The van der Waals surface area contributed by atoms with Crippen LogP contribution in [0.1, 0.15) is 37.6 Å². The maximum absolute atomic E-state index is 12.0. The summed E-state index contributed by atoms with van der Waals surface area (Å²) in [6, 6.07) is 5.09. The fourth-order valence-electron chi connectivity index (χ4n) is 1.99. The molecule has 1 aromatic carbocycles. The number of aliphatic hydroxyl groups is 1. The summed E-state index contributed by atoms with van der Waals surface area (Å²) < 4.78 is 0.788. The Morgan fingerprint density at radius 1 is 1.53 bits per heavy atom. The largest absolute Gasteiger partial charge is 0.388 e. The van der Waals surface area contributed by atoms with Crippen LogP contribution in [-0.2, 0) is 0 Å². The van der Waals surface area contributed by atoms with Gasteiger partial charge in [0, 0.05) is 11.0 Å². The number of amides is 1. The summed E-state index contributed by atoms with van der Waals surface area (Å²) in [4.78, 5) is 12.0. The first-order valence-electron chi connectivity index (χ1n) is 6.17. The Kier molecular flexibility index (Phi) is 5.83. The van der Waals surface area contributed by atoms with Crippen LogP contribution in [-0.4, -0.2) is 23.2 Å². The lowest BCUT2D eigenvalue weighted by molar-refractivity contribution is 0.0368. The van der Waals surface area contributed by atoms with E-state index in [1.54, 1.807) is 25.1 Å². The summed E-state index contributed by atoms with van der Waals surface area (Å²) >= 11 is 9.28. The minimum Gasteiger partial charge on any atom is -0.388 e. The first kappa shape index (κ1) is 16.5. The molecule has 1 unspecified atom stereocenters. The lowest BCUT2D eigenvalue weighted by atomic mass is 9.94. The topological polar surface area (TPSA) is 49.3 Å². The molecular formula is C14H19BrClNO2. The van der Waals surface area contributed by atoms with E-state index in [1.165, 1.54) is 0 Å². The molecule has 2 N–H and O–H groups in total. The molecule has 1 amide bonds. The number of halogens is 2. The molecule has 0 saturated carbocycles. The minimum absolute atomic E-state index is 0.201. The average molecular weight is 349 g/mol. The second-order valence-electron chi connectivity index (χ2n) is 5.40. The van der Waals surface area contributed by atoms with Gasteiger partial charge in [-0.05, 0) is 37.5 Å². The van der Waals surface area contributed by atoms with Crippen molar-refractivity contribution in [3.63, 3.8) is 0 Å². The van der Waals surface area contributed by atoms with Crippen LogP contribution in [0.5, 0.6) is 0 Å². The Morgan fingerprint density at radius 2 is 2.16 bits per heavy atom. The van der Waals surface area contributed by atoms with Crippen molar-refractivity contribution >= 4 is 33.4 Å². The molecule has 1 rings (SSSR count). The standard InChI is InChI=1S/C14H19BrClNO2/c1-9(2)7-14(3,19)8-17-13(18)11-6-10(15)4-5-12(11)16/h4-6,9,19H,7-8H2,1-3H3,(H,17,18). The van der Waals surface area contributed by atoms with Gasteiger partial charge in [-0.25, -0.2) is 0 Å². The molecule has 1 aromatic rings. The maximum atomic E-state index is 12.0. The second kappa shape index (κ2) is 6.73. The Balaban J connectivity index is 2.68. The van der Waals surface area contributed by atoms with E-state index in [2.05, 4.69) is 21.2 Å². The van der Waals surface area contributed by atoms with Gasteiger partial charge < -0.3 is 10.4 Å². The lowest BCUT2D eigenvalue weighted by Crippen LogP contribution is -2.41. The number of hydrogen-bond acceptors (Lipinski definition) is 2. The lowest BCUT2D eigenvalue weighted by Gasteiger charge is -2.25. The third-order valence-electron chi connectivity index (χ3n) is 2.65. The van der Waals surface area contributed by atoms with Gasteiger partial charge in [0.15, 0.2) is 0 Å². The fourth-order valence-corrected chi connectivity index (χ4v) is 2.55. The molecule has 106 valence electrons. The normalized spacial score (nSPS) is 14.3. The van der Waals surface area contributed by atoms with Crippen molar-refractivity contribution in [1.29, 1.82) is 0 Å². The van der Waals surface area contributed by atoms with Crippen LogP contribution in [0.2, 0.25) is 5.02 Å². The number of carbonyl (C=O) groups is 1. The molecule has 0 aliphatic rings. The zero-order valence-electron chi connectivity index (χ0n) is 11.3. The molecule has 0 aliphatic heterocycles. The molecule has 5 heteroatoms. The van der Waals surface area contributed by atoms with Crippen molar-refractivity contribution in [3.05, 3.63) is 33.3 Å². The summed E-state index contributed by atoms with van der Waals surface area (Å²) in [7, 11) is 0. The van der Waals surface area contributed by atoms with Gasteiger partial charge in [0.25, 0.3) is 5.91 Å². The average Bonchev–Trinajstić information content (AvgIpc) is 2.27. The predicted molar refractivity (Wildman–Crippen MR) is 81.6 cm³/mol. The predicted octanol–water partition coefficient (Wildman–Crippen LogP) is 3.63. The Bertz CT molecular complexity index is 461. The molecule has 3 nitrogen and oxygen atoms in total. The minimum atomic E-state index is -0.914. The van der Waals surface area contributed by atoms with Gasteiger partial charge in [-0.2, -0.15) is 0 Å². The Morgan fingerprint density at radius 3 is 2.74 bits per heavy atom. The van der Waals surface area contributed by atoms with Crippen molar-refractivity contribution in [3.8, 4) is 0 Å². The molecule has 0 aromatic heterocycles. The van der Waals surface area contributed by atoms with E-state index >= 15 is 0 Å². The van der Waals surface area contributed by atoms with Gasteiger partial charge >= 0.3 is 0 Å². The van der Waals surface area contributed by atoms with Crippen molar-refractivity contribution in [2.24, 2.45) is 5.92 Å². The van der Waals surface area contributed by atoms with Crippen molar-refractivity contribution in [1.82, 2.24) is 5.32 Å². The molecule has 19 heavy (non-hydrogen) atoms. The molecule has 0 fully saturated rings. The van der Waals surface area contributed by atoms with Gasteiger partial charge in [-0.15, -0.1) is 0 Å². The van der Waals surface area contributed by atoms with E-state index < -0.39 is 5.60 Å². The van der Waals surface area contributed by atoms with E-state index in [1.807, 2.05) is 13.8 Å². The summed E-state index contributed by atoms with van der Waals surface area (Å²) in [5.41, 5.74) is -0.515. The molecule has 0 saturated heterocycles. The number of nitrogens with one attached hydrogen (secondary N) is 1. The third-order valence-corrected chi connectivity index (χ3v) is 3.47. The first-order chi connectivity index (χ1) is 8.71. The number of carbonyl (C=O) groups excluding carboxylic acids is 1. The van der Waals surface area contributed by atoms with E-state index in [0.29, 0.717) is 22.9 Å². The fraction of sp³-hybridized carbons (Fsp3) is 0.500. The highest BCUT2D eigenvalue weighted by atomic mass is 79.9. The van der Waals surface area contributed by atoms with Crippen LogP contribution in [0.25, 0.3) is 0 Å². The van der Waals surface area contributed by atoms with Gasteiger partial charge in [0.2, 0.25) is 0 Å². The van der Waals surface area contributed by atoms with Crippen LogP contribution in [0.3, 0.4) is 0 Å². The van der Waals surface area contributed by atoms with Gasteiger partial charge in [-0.1, -0.05) is 41.4 Å². The molecule has 0 aliphatic carbocycles. The van der Waals surface area contributed by atoms with Crippen LogP contribution >= 0.6 is 27.5 Å². The Hall–Kier alpha value is -0.580. The third kappa shape index (κ3) is 5.51. The highest BCUT2D eigenvalue weighted by Crippen LogP contribution is 2.21. The number of rotatable bonds is 5. The van der Waals surface area contributed by atoms with E-state index in [9.17, 15) is 9.90 Å². The van der Waals surface area contributed by atoms with E-state index in [4.69, 9.17) is 11.6 Å². The van der Waals surface area contributed by atoms with Gasteiger partial charge in [0.05, 0.1) is 16.2 Å². The van der Waals surface area contributed by atoms with Crippen LogP contribution in [0.4, 0.5) is 0 Å². The molecular weight excluding hydrogens is 330 g/mol. The number of hydrogen-bond donors (Lipinski definition) is 2. The van der Waals surface area contributed by atoms with Gasteiger partial charge in [0.1, 0.15) is 0 Å². The summed E-state index contributed by atoms with van der Waals surface area (Å²) in [6.07, 6.45) is 0.625. The zero-order valence-corrected chi connectivity index (χ0v) is 13.7. The van der Waals surface area contributed by atoms with Crippen molar-refractivity contribution in [2.45, 2.75) is 32.8 Å². The van der Waals surface area contributed by atoms with Gasteiger partial charge in [-0.3, -0.25) is 4.79 Å². The Labute approximate surface area is 127 Å². The quantitative estimate of drug-likeness (QED) is 0.853. The summed E-state index contributed by atoms with van der Waals surface area (Å²) in [5.74, 6) is 0.0803. The summed E-state index contributed by atoms with van der Waals surface area (Å²) in [6.45, 7) is 5.98. The molecule has 0 spiro atoms. The van der Waals surface area contributed by atoms with Crippen molar-refractivity contribution in [2.75, 3.05) is 6.54 Å². The van der Waals surface area contributed by atoms with E-state index in [0.717, 1.165) is 4.47 Å². The summed E-state index contributed by atoms with van der Waals surface area (Å²) in [5, 5.41) is 13.3. The SMILES string of the molecule is CC(C)CC(C)(O)CNC(=O)c1cc(Br)ccc1Cl. The highest BCUT2D eigenvalue weighted by molar-refractivity contribution is 9.10. The maximum Gasteiger partial charge on any atom is 0.252 e. The van der Waals surface area contributed by atoms with Crippen LogP contribution in [0, 0.1) is 5.92 Å². The highest BCUT2D eigenvalue weighted by Gasteiger charge is 2.23. The number of benzene rings is 1. The van der Waals surface area contributed by atoms with Crippen molar-refractivity contribution < 1.29 is 9.90 Å². The van der Waals surface area contributed by atoms with Crippen LogP contribution in [0.15, 0.2) is 22.7 Å². The first-order valence-corrected chi connectivity index (χ1v) is 7.34. The molecule has 0 heterocycles. The zero-order chi connectivity index (χ0) is 14.6. The smallest absolute Gasteiger partial charge is 0.252 e. The van der Waals surface area contributed by atoms with E-state index in [-0.39, 0.29) is 12.5 Å². The monoisotopic (exact) mass is 347 g/mol. The van der Waals surface area contributed by atoms with Crippen LogP contribution < -0.4 is 5.32 Å². The molecule has 1 atom stereocenters. The molecule has 0 radical (unpaired) electrons. The molecule has 0 bridgehead atoms. The second-order valence-corrected chi connectivity index (χ2v) is 6.72.